The van der Waals surface area contributed by atoms with Gasteiger partial charge in [-0.3, -0.25) is 0 Å². The number of imidazole rings is 1. The standard InChI is InChI=1S/C21H18N8O3S/c1-11-4-5-14-15(8-11)13(3)32-21-19(23)25-10-17(26-21)18-16(9-22)12(2)27-29(18)33(30,31)28-7-6-24-20(14)28/h4-8,10,13H,1-3H3,(H2,23,25)/t13-/m1/s1. The van der Waals surface area contributed by atoms with Gasteiger partial charge in [0.05, 0.1) is 11.9 Å². The summed E-state index contributed by atoms with van der Waals surface area (Å²) in [5, 5.41) is 13.9. The quantitative estimate of drug-likeness (QED) is 0.414. The maximum atomic E-state index is 13.8. The normalized spacial score (nSPS) is 16.2. The summed E-state index contributed by atoms with van der Waals surface area (Å²) >= 11 is 0. The van der Waals surface area contributed by atoms with Gasteiger partial charge < -0.3 is 10.5 Å². The molecule has 2 bridgehead atoms. The summed E-state index contributed by atoms with van der Waals surface area (Å²) in [5.41, 5.74) is 8.53. The fourth-order valence-corrected chi connectivity index (χ4v) is 5.20. The minimum absolute atomic E-state index is 0.0167. The second kappa shape index (κ2) is 7.14. The van der Waals surface area contributed by atoms with Crippen LogP contribution in [0.15, 0.2) is 36.8 Å². The number of rotatable bonds is 0. The predicted molar refractivity (Wildman–Crippen MR) is 118 cm³/mol. The van der Waals surface area contributed by atoms with E-state index in [1.807, 2.05) is 25.1 Å². The van der Waals surface area contributed by atoms with Gasteiger partial charge in [0.2, 0.25) is 0 Å². The molecular weight excluding hydrogens is 444 g/mol. The molecular formula is C21H18N8O3S. The molecule has 0 saturated heterocycles. The number of hydrogen-bond donors (Lipinski definition) is 1. The first kappa shape index (κ1) is 20.7. The molecule has 5 rings (SSSR count). The van der Waals surface area contributed by atoms with E-state index in [-0.39, 0.29) is 40.2 Å². The third kappa shape index (κ3) is 3.05. The Bertz CT molecular complexity index is 1580. The van der Waals surface area contributed by atoms with Crippen molar-refractivity contribution < 1.29 is 13.2 Å². The maximum absolute atomic E-state index is 13.8. The van der Waals surface area contributed by atoms with Crippen LogP contribution in [0.3, 0.4) is 0 Å². The number of nitrogens with zero attached hydrogens (tertiary/aromatic N) is 7. The van der Waals surface area contributed by atoms with E-state index in [9.17, 15) is 13.7 Å². The highest BCUT2D eigenvalue weighted by Gasteiger charge is 2.32. The second-order valence-electron chi connectivity index (χ2n) is 7.61. The van der Waals surface area contributed by atoms with Crippen LogP contribution in [0.25, 0.3) is 22.8 Å². The van der Waals surface area contributed by atoms with Crippen LogP contribution in [-0.2, 0) is 10.2 Å². The van der Waals surface area contributed by atoms with Gasteiger partial charge in [-0.2, -0.15) is 18.8 Å². The number of aromatic nitrogens is 6. The Kier molecular flexibility index (Phi) is 4.47. The maximum Gasteiger partial charge on any atom is 0.351 e. The number of fused-ring (bicyclic) bond motifs is 7. The zero-order valence-corrected chi connectivity index (χ0v) is 18.7. The topological polar surface area (TPSA) is 155 Å². The molecule has 4 heterocycles. The zero-order valence-electron chi connectivity index (χ0n) is 17.9. The van der Waals surface area contributed by atoms with E-state index in [0.717, 1.165) is 13.6 Å². The molecule has 1 atom stereocenters. The average Bonchev–Trinajstić information content (AvgIpc) is 3.40. The Morgan fingerprint density at radius 1 is 1.24 bits per heavy atom. The first-order valence-corrected chi connectivity index (χ1v) is 11.3. The molecule has 166 valence electrons. The molecule has 0 aliphatic carbocycles. The van der Waals surface area contributed by atoms with E-state index in [1.54, 1.807) is 19.9 Å². The van der Waals surface area contributed by atoms with E-state index >= 15 is 0 Å². The lowest BCUT2D eigenvalue weighted by molar-refractivity contribution is 0.219. The minimum Gasteiger partial charge on any atom is -0.467 e. The second-order valence-corrected chi connectivity index (χ2v) is 9.25. The fraction of sp³-hybridized carbons (Fsp3) is 0.190. The highest BCUT2D eigenvalue weighted by Crippen LogP contribution is 2.36. The first-order valence-electron chi connectivity index (χ1n) is 9.92. The lowest BCUT2D eigenvalue weighted by Gasteiger charge is -2.21. The van der Waals surface area contributed by atoms with Crippen molar-refractivity contribution in [1.82, 2.24) is 28.1 Å². The molecule has 0 unspecified atom stereocenters. The smallest absolute Gasteiger partial charge is 0.351 e. The summed E-state index contributed by atoms with van der Waals surface area (Å²) in [6, 6.07) is 7.54. The van der Waals surface area contributed by atoms with Crippen LogP contribution in [0.4, 0.5) is 5.82 Å². The van der Waals surface area contributed by atoms with Gasteiger partial charge in [0.15, 0.2) is 11.6 Å². The molecule has 12 heteroatoms. The Labute approximate surface area is 189 Å². The fourth-order valence-electron chi connectivity index (χ4n) is 3.82. The molecule has 3 aromatic heterocycles. The van der Waals surface area contributed by atoms with Gasteiger partial charge >= 0.3 is 10.2 Å². The molecule has 0 radical (unpaired) electrons. The number of nitrogen functional groups attached to an aromatic ring is 1. The van der Waals surface area contributed by atoms with Crippen LogP contribution in [0.2, 0.25) is 0 Å². The molecule has 33 heavy (non-hydrogen) atoms. The Hall–Kier alpha value is -4.24. The van der Waals surface area contributed by atoms with Crippen molar-refractivity contribution in [3.05, 3.63) is 59.2 Å². The Balaban J connectivity index is 1.94. The van der Waals surface area contributed by atoms with Gasteiger partial charge in [0, 0.05) is 23.5 Å². The molecule has 11 nitrogen and oxygen atoms in total. The molecule has 2 N–H and O–H groups in total. The lowest BCUT2D eigenvalue weighted by atomic mass is 10.00. The Morgan fingerprint density at radius 2 is 2.03 bits per heavy atom. The van der Waals surface area contributed by atoms with Crippen molar-refractivity contribution in [3.63, 3.8) is 0 Å². The van der Waals surface area contributed by atoms with E-state index in [4.69, 9.17) is 10.5 Å². The van der Waals surface area contributed by atoms with Gasteiger partial charge in [-0.05, 0) is 20.8 Å². The third-order valence-corrected chi connectivity index (χ3v) is 6.89. The largest absolute Gasteiger partial charge is 0.467 e. The highest BCUT2D eigenvalue weighted by atomic mass is 32.2. The Morgan fingerprint density at radius 3 is 2.79 bits per heavy atom. The number of nitrogens with two attached hydrogens (primary N) is 1. The summed E-state index contributed by atoms with van der Waals surface area (Å²) in [6.07, 6.45) is 3.44. The third-order valence-electron chi connectivity index (χ3n) is 5.40. The number of hydrogen-bond acceptors (Lipinski definition) is 9. The number of ether oxygens (including phenoxy) is 1. The van der Waals surface area contributed by atoms with Crippen LogP contribution >= 0.6 is 0 Å². The summed E-state index contributed by atoms with van der Waals surface area (Å²) < 4.78 is 35.5. The monoisotopic (exact) mass is 462 g/mol. The van der Waals surface area contributed by atoms with E-state index in [0.29, 0.717) is 11.1 Å². The van der Waals surface area contributed by atoms with E-state index < -0.39 is 16.3 Å². The predicted octanol–water partition coefficient (Wildman–Crippen LogP) is 2.37. The van der Waals surface area contributed by atoms with Crippen LogP contribution < -0.4 is 10.5 Å². The highest BCUT2D eigenvalue weighted by molar-refractivity contribution is 7.88. The molecule has 0 amide bonds. The number of benzene rings is 1. The number of aryl methyl sites for hydroxylation is 2. The van der Waals surface area contributed by atoms with Crippen molar-refractivity contribution in [2.24, 2.45) is 0 Å². The van der Waals surface area contributed by atoms with Crippen molar-refractivity contribution in [3.8, 4) is 34.7 Å². The molecule has 1 aliphatic heterocycles. The summed E-state index contributed by atoms with van der Waals surface area (Å²) in [6.45, 7) is 5.27. The van der Waals surface area contributed by atoms with Gasteiger partial charge in [0.25, 0.3) is 5.88 Å². The molecule has 1 aromatic carbocycles. The number of nitriles is 1. The van der Waals surface area contributed by atoms with E-state index in [1.165, 1.54) is 18.6 Å². The van der Waals surface area contributed by atoms with Gasteiger partial charge in [-0.25, -0.2) is 18.9 Å². The van der Waals surface area contributed by atoms with Crippen molar-refractivity contribution >= 4 is 16.0 Å². The van der Waals surface area contributed by atoms with Crippen LogP contribution in [0.5, 0.6) is 5.88 Å². The van der Waals surface area contributed by atoms with Crippen molar-refractivity contribution in [1.29, 1.82) is 5.26 Å². The molecule has 1 aliphatic rings. The van der Waals surface area contributed by atoms with Crippen LogP contribution in [-0.4, -0.2) is 36.5 Å². The molecule has 4 aromatic rings. The summed E-state index contributed by atoms with van der Waals surface area (Å²) in [7, 11) is -4.34. The molecule has 0 fully saturated rings. The number of anilines is 1. The summed E-state index contributed by atoms with van der Waals surface area (Å²) in [4.78, 5) is 12.9. The molecule has 0 spiro atoms. The van der Waals surface area contributed by atoms with Gasteiger partial charge in [-0.1, -0.05) is 23.8 Å². The molecule has 0 saturated carbocycles. The van der Waals surface area contributed by atoms with Gasteiger partial charge in [-0.15, -0.1) is 4.09 Å². The van der Waals surface area contributed by atoms with Gasteiger partial charge in [0.1, 0.15) is 29.1 Å². The van der Waals surface area contributed by atoms with Crippen LogP contribution in [0.1, 0.15) is 35.4 Å². The van der Waals surface area contributed by atoms with Crippen molar-refractivity contribution in [2.45, 2.75) is 26.9 Å². The summed E-state index contributed by atoms with van der Waals surface area (Å²) in [5.74, 6) is 0.229. The van der Waals surface area contributed by atoms with Crippen molar-refractivity contribution in [2.75, 3.05) is 5.73 Å². The minimum atomic E-state index is -4.34. The van der Waals surface area contributed by atoms with Crippen LogP contribution in [0, 0.1) is 25.2 Å². The average molecular weight is 462 g/mol. The SMILES string of the molecule is Cc1ccc2c(c1)[C@@H](C)Oc1nc(cnc1N)-c1c(C#N)c(C)nn1S(=O)(=O)n1ccnc1-2. The van der Waals surface area contributed by atoms with E-state index in [2.05, 4.69) is 20.1 Å². The lowest BCUT2D eigenvalue weighted by Crippen LogP contribution is -2.25. The zero-order chi connectivity index (χ0) is 23.5. The first-order chi connectivity index (χ1) is 15.7.